The molecular formula is C17H26N2O4. The van der Waals surface area contributed by atoms with E-state index in [0.29, 0.717) is 45.0 Å². The number of aromatic nitrogens is 1. The molecule has 1 atom stereocenters. The van der Waals surface area contributed by atoms with Gasteiger partial charge in [-0.15, -0.1) is 0 Å². The van der Waals surface area contributed by atoms with Crippen LogP contribution in [0.3, 0.4) is 0 Å². The van der Waals surface area contributed by atoms with Crippen LogP contribution >= 0.6 is 0 Å². The quantitative estimate of drug-likeness (QED) is 0.791. The van der Waals surface area contributed by atoms with E-state index in [4.69, 9.17) is 9.47 Å². The van der Waals surface area contributed by atoms with E-state index in [0.717, 1.165) is 18.5 Å². The maximum atomic E-state index is 11.8. The number of carbonyl (C=O) groups is 1. The van der Waals surface area contributed by atoms with Crippen molar-refractivity contribution in [1.29, 1.82) is 0 Å². The van der Waals surface area contributed by atoms with E-state index >= 15 is 0 Å². The van der Waals surface area contributed by atoms with Gasteiger partial charge in [0, 0.05) is 39.1 Å². The molecule has 0 amide bonds. The minimum absolute atomic E-state index is 0.477. The summed E-state index contributed by atoms with van der Waals surface area (Å²) in [6, 6.07) is 3.85. The molecule has 0 radical (unpaired) electrons. The number of piperidine rings is 1. The average Bonchev–Trinajstić information content (AvgIpc) is 2.55. The zero-order chi connectivity index (χ0) is 16.7. The number of pyridine rings is 1. The zero-order valence-corrected chi connectivity index (χ0v) is 14.0. The first-order valence-corrected chi connectivity index (χ1v) is 8.12. The van der Waals surface area contributed by atoms with Crippen LogP contribution in [0.1, 0.15) is 31.7 Å². The summed E-state index contributed by atoms with van der Waals surface area (Å²) in [7, 11) is 1.61. The second-order valence-electron chi connectivity index (χ2n) is 6.08. The first-order chi connectivity index (χ1) is 11.1. The fourth-order valence-electron chi connectivity index (χ4n) is 3.14. The van der Waals surface area contributed by atoms with Crippen LogP contribution in [0.4, 0.5) is 0 Å². The van der Waals surface area contributed by atoms with Crippen LogP contribution in [0.5, 0.6) is 5.88 Å². The van der Waals surface area contributed by atoms with E-state index in [-0.39, 0.29) is 0 Å². The summed E-state index contributed by atoms with van der Waals surface area (Å²) in [5, 5.41) is 9.68. The van der Waals surface area contributed by atoms with Crippen molar-refractivity contribution in [2.24, 2.45) is 5.41 Å². The lowest BCUT2D eigenvalue weighted by atomic mass is 9.77. The Morgan fingerprint density at radius 2 is 2.30 bits per heavy atom. The van der Waals surface area contributed by atoms with Gasteiger partial charge in [0.25, 0.3) is 0 Å². The van der Waals surface area contributed by atoms with E-state index < -0.39 is 11.4 Å². The lowest BCUT2D eigenvalue weighted by Crippen LogP contribution is -2.48. The van der Waals surface area contributed by atoms with Crippen LogP contribution in [0.2, 0.25) is 0 Å². The van der Waals surface area contributed by atoms with Crippen LogP contribution < -0.4 is 4.74 Å². The predicted molar refractivity (Wildman–Crippen MR) is 86.5 cm³/mol. The van der Waals surface area contributed by atoms with E-state index in [1.807, 2.05) is 19.1 Å². The molecule has 1 fully saturated rings. The third-order valence-corrected chi connectivity index (χ3v) is 4.39. The zero-order valence-electron chi connectivity index (χ0n) is 14.0. The summed E-state index contributed by atoms with van der Waals surface area (Å²) in [6.45, 7) is 5.17. The van der Waals surface area contributed by atoms with Crippen molar-refractivity contribution in [3.63, 3.8) is 0 Å². The van der Waals surface area contributed by atoms with E-state index in [9.17, 15) is 9.90 Å². The fourth-order valence-corrected chi connectivity index (χ4v) is 3.14. The highest BCUT2D eigenvalue weighted by Crippen LogP contribution is 2.34. The number of carboxylic acids is 1. The van der Waals surface area contributed by atoms with Gasteiger partial charge < -0.3 is 14.6 Å². The predicted octanol–water partition coefficient (Wildman–Crippen LogP) is 2.18. The fraction of sp³-hybridized carbons (Fsp3) is 0.647. The smallest absolute Gasteiger partial charge is 0.311 e. The number of aliphatic carboxylic acids is 1. The molecule has 2 rings (SSSR count). The van der Waals surface area contributed by atoms with Crippen molar-refractivity contribution >= 4 is 5.97 Å². The minimum Gasteiger partial charge on any atom is -0.481 e. The van der Waals surface area contributed by atoms with E-state index in [1.165, 1.54) is 0 Å². The van der Waals surface area contributed by atoms with Gasteiger partial charge in [-0.05, 0) is 38.3 Å². The highest BCUT2D eigenvalue weighted by molar-refractivity contribution is 5.75. The lowest BCUT2D eigenvalue weighted by Gasteiger charge is -2.40. The molecule has 0 spiro atoms. The number of nitrogens with zero attached hydrogens (tertiary/aromatic N) is 2. The number of likely N-dealkylation sites (tertiary alicyclic amines) is 1. The van der Waals surface area contributed by atoms with Gasteiger partial charge in [0.2, 0.25) is 5.88 Å². The van der Waals surface area contributed by atoms with Crippen molar-refractivity contribution in [3.05, 3.63) is 23.9 Å². The molecular weight excluding hydrogens is 296 g/mol. The Balaban J connectivity index is 2.00. The molecule has 0 bridgehead atoms. The highest BCUT2D eigenvalue weighted by Gasteiger charge is 2.41. The van der Waals surface area contributed by atoms with Crippen molar-refractivity contribution in [1.82, 2.24) is 9.88 Å². The molecule has 128 valence electrons. The molecule has 2 heterocycles. The molecule has 23 heavy (non-hydrogen) atoms. The van der Waals surface area contributed by atoms with Crippen molar-refractivity contribution in [2.75, 3.05) is 33.4 Å². The Hall–Kier alpha value is -1.66. The second-order valence-corrected chi connectivity index (χ2v) is 6.08. The molecule has 1 saturated heterocycles. The second kappa shape index (κ2) is 8.26. The molecule has 1 aromatic rings. The molecule has 0 aliphatic carbocycles. The first-order valence-electron chi connectivity index (χ1n) is 8.12. The van der Waals surface area contributed by atoms with Crippen LogP contribution in [-0.4, -0.2) is 54.4 Å². The molecule has 6 nitrogen and oxygen atoms in total. The number of rotatable bonds is 8. The van der Waals surface area contributed by atoms with E-state index in [2.05, 4.69) is 9.88 Å². The third kappa shape index (κ3) is 4.65. The summed E-state index contributed by atoms with van der Waals surface area (Å²) < 4.78 is 10.4. The molecule has 1 N–H and O–H groups in total. The number of hydrogen-bond donors (Lipinski definition) is 1. The summed E-state index contributed by atoms with van der Waals surface area (Å²) in [4.78, 5) is 18.3. The third-order valence-electron chi connectivity index (χ3n) is 4.39. The minimum atomic E-state index is -0.718. The van der Waals surface area contributed by atoms with Gasteiger partial charge in [-0.25, -0.2) is 4.98 Å². The number of ether oxygens (including phenoxy) is 2. The van der Waals surface area contributed by atoms with Crippen molar-refractivity contribution in [3.8, 4) is 5.88 Å². The maximum Gasteiger partial charge on any atom is 0.311 e. The lowest BCUT2D eigenvalue weighted by molar-refractivity contribution is -0.154. The van der Waals surface area contributed by atoms with Crippen molar-refractivity contribution < 1.29 is 19.4 Å². The topological polar surface area (TPSA) is 71.9 Å². The highest BCUT2D eigenvalue weighted by atomic mass is 16.5. The summed E-state index contributed by atoms with van der Waals surface area (Å²) >= 11 is 0. The summed E-state index contributed by atoms with van der Waals surface area (Å²) in [5.41, 5.74) is 0.369. The van der Waals surface area contributed by atoms with Crippen LogP contribution in [0.15, 0.2) is 18.3 Å². The van der Waals surface area contributed by atoms with Crippen LogP contribution in [-0.2, 0) is 16.1 Å². The number of hydrogen-bond acceptors (Lipinski definition) is 5. The van der Waals surface area contributed by atoms with E-state index in [1.54, 1.807) is 13.3 Å². The molecule has 0 aromatic carbocycles. The van der Waals surface area contributed by atoms with Crippen LogP contribution in [0, 0.1) is 5.41 Å². The number of carboxylic acid groups (broad SMARTS) is 1. The van der Waals surface area contributed by atoms with Gasteiger partial charge in [0.15, 0.2) is 0 Å². The monoisotopic (exact) mass is 322 g/mol. The Kier molecular flexibility index (Phi) is 6.36. The van der Waals surface area contributed by atoms with Gasteiger partial charge in [-0.1, -0.05) is 6.07 Å². The molecule has 1 aromatic heterocycles. The van der Waals surface area contributed by atoms with Gasteiger partial charge in [0.05, 0.1) is 12.0 Å². The van der Waals surface area contributed by atoms with Gasteiger partial charge >= 0.3 is 5.97 Å². The average molecular weight is 322 g/mol. The normalized spacial score (nSPS) is 22.0. The van der Waals surface area contributed by atoms with Crippen LogP contribution in [0.25, 0.3) is 0 Å². The van der Waals surface area contributed by atoms with Gasteiger partial charge in [-0.3, -0.25) is 9.69 Å². The molecule has 1 unspecified atom stereocenters. The molecule has 0 saturated carbocycles. The Labute approximate surface area is 137 Å². The summed E-state index contributed by atoms with van der Waals surface area (Å²) in [5.74, 6) is -0.0982. The van der Waals surface area contributed by atoms with Crippen molar-refractivity contribution in [2.45, 2.75) is 32.7 Å². The largest absolute Gasteiger partial charge is 0.481 e. The Morgan fingerprint density at radius 1 is 1.48 bits per heavy atom. The maximum absolute atomic E-state index is 11.8. The van der Waals surface area contributed by atoms with Gasteiger partial charge in [-0.2, -0.15) is 0 Å². The molecule has 1 aliphatic heterocycles. The first kappa shape index (κ1) is 17.7. The SMILES string of the molecule is CCOc1ccc(CN2CCCC(CCOC)(C(=O)O)C2)cn1. The summed E-state index contributed by atoms with van der Waals surface area (Å²) in [6.07, 6.45) is 3.96. The Morgan fingerprint density at radius 3 is 2.91 bits per heavy atom. The number of methoxy groups -OCH3 is 1. The van der Waals surface area contributed by atoms with Gasteiger partial charge in [0.1, 0.15) is 0 Å². The molecule has 6 heteroatoms. The standard InChI is InChI=1S/C17H26N2O4/c1-3-23-15-6-5-14(11-18-15)12-19-9-4-7-17(13-19,16(20)21)8-10-22-2/h5-6,11H,3-4,7-10,12-13H2,1-2H3,(H,20,21). The molecule has 1 aliphatic rings. The Bertz CT molecular complexity index is 506.